The Kier molecular flexibility index (Phi) is 6.51. The van der Waals surface area contributed by atoms with Crippen LogP contribution in [0.4, 0.5) is 19.3 Å². The largest absolute Gasteiger partial charge is 0.380 e. The van der Waals surface area contributed by atoms with Gasteiger partial charge >= 0.3 is 6.03 Å². The summed E-state index contributed by atoms with van der Waals surface area (Å²) in [4.78, 5) is 16.3. The third-order valence-electron chi connectivity index (χ3n) is 6.51. The van der Waals surface area contributed by atoms with Crippen molar-refractivity contribution < 1.29 is 18.3 Å². The quantitative estimate of drug-likeness (QED) is 0.690. The molecule has 3 fully saturated rings. The van der Waals surface area contributed by atoms with Crippen molar-refractivity contribution in [1.29, 1.82) is 0 Å². The zero-order valence-corrected chi connectivity index (χ0v) is 18.1. The molecule has 0 spiro atoms. The molecule has 1 saturated carbocycles. The van der Waals surface area contributed by atoms with Gasteiger partial charge in [-0.05, 0) is 56.2 Å². The van der Waals surface area contributed by atoms with Crippen LogP contribution in [-0.4, -0.2) is 66.7 Å². The molecule has 0 unspecified atom stereocenters. The number of rotatable bonds is 6. The lowest BCUT2D eigenvalue weighted by atomic mass is 10.0. The first-order chi connectivity index (χ1) is 14.3. The van der Waals surface area contributed by atoms with Crippen molar-refractivity contribution in [3.05, 3.63) is 28.8 Å². The van der Waals surface area contributed by atoms with Gasteiger partial charge in [0.15, 0.2) is 0 Å². The van der Waals surface area contributed by atoms with E-state index in [0.717, 1.165) is 5.56 Å². The monoisotopic (exact) mass is 441 g/mol. The van der Waals surface area contributed by atoms with Gasteiger partial charge in [-0.15, -0.1) is 0 Å². The Morgan fingerprint density at radius 3 is 2.67 bits per heavy atom. The molecule has 2 saturated heterocycles. The molecule has 1 aromatic carbocycles. The van der Waals surface area contributed by atoms with E-state index in [9.17, 15) is 13.6 Å². The first-order valence-corrected chi connectivity index (χ1v) is 11.2. The Hall–Kier alpha value is -1.44. The zero-order chi connectivity index (χ0) is 21.3. The van der Waals surface area contributed by atoms with E-state index in [4.69, 9.17) is 16.3 Å². The van der Waals surface area contributed by atoms with Crippen LogP contribution in [0.15, 0.2) is 18.2 Å². The second-order valence-corrected chi connectivity index (χ2v) is 9.34. The first kappa shape index (κ1) is 21.8. The molecule has 1 aliphatic carbocycles. The van der Waals surface area contributed by atoms with Crippen LogP contribution in [0.25, 0.3) is 0 Å². The molecule has 4 rings (SSSR count). The van der Waals surface area contributed by atoms with Crippen molar-refractivity contribution in [2.75, 3.05) is 38.2 Å². The van der Waals surface area contributed by atoms with Gasteiger partial charge in [0.2, 0.25) is 0 Å². The SMILES string of the molecule is Cc1c(Cl)cccc1NC(=O)N1CCC(N2CC(F)(F)C[C@H]2COCC2CC2)CC1. The highest BCUT2D eigenvalue weighted by atomic mass is 35.5. The molecule has 1 aromatic rings. The van der Waals surface area contributed by atoms with Gasteiger partial charge < -0.3 is 15.0 Å². The Morgan fingerprint density at radius 1 is 1.23 bits per heavy atom. The van der Waals surface area contributed by atoms with Crippen LogP contribution in [0, 0.1) is 12.8 Å². The molecular formula is C22H30ClF2N3O2. The number of amides is 2. The maximum Gasteiger partial charge on any atom is 0.321 e. The third kappa shape index (κ3) is 5.24. The smallest absolute Gasteiger partial charge is 0.321 e. The normalized spacial score (nSPS) is 24.9. The molecule has 166 valence electrons. The Labute approximate surface area is 181 Å². The van der Waals surface area contributed by atoms with E-state index in [-0.39, 0.29) is 31.1 Å². The number of ether oxygens (including phenoxy) is 1. The number of carbonyl (C=O) groups is 1. The zero-order valence-electron chi connectivity index (χ0n) is 17.4. The molecule has 0 aromatic heterocycles. The molecule has 8 heteroatoms. The molecule has 1 N–H and O–H groups in total. The van der Waals surface area contributed by atoms with Gasteiger partial charge in [0.1, 0.15) is 0 Å². The van der Waals surface area contributed by atoms with E-state index in [0.29, 0.717) is 55.8 Å². The van der Waals surface area contributed by atoms with Crippen LogP contribution < -0.4 is 5.32 Å². The summed E-state index contributed by atoms with van der Waals surface area (Å²) in [6, 6.07) is 5.06. The highest BCUT2D eigenvalue weighted by Crippen LogP contribution is 2.36. The minimum atomic E-state index is -2.66. The van der Waals surface area contributed by atoms with E-state index in [1.165, 1.54) is 12.8 Å². The second-order valence-electron chi connectivity index (χ2n) is 8.93. The molecule has 5 nitrogen and oxygen atoms in total. The summed E-state index contributed by atoms with van der Waals surface area (Å²) in [5.74, 6) is -2.03. The highest BCUT2D eigenvalue weighted by Gasteiger charge is 2.47. The number of hydrogen-bond donors (Lipinski definition) is 1. The van der Waals surface area contributed by atoms with Crippen molar-refractivity contribution in [3.63, 3.8) is 0 Å². The molecular weight excluding hydrogens is 412 g/mol. The lowest BCUT2D eigenvalue weighted by Gasteiger charge is -2.39. The number of urea groups is 1. The number of nitrogens with zero attached hydrogens (tertiary/aromatic N) is 2. The van der Waals surface area contributed by atoms with E-state index in [1.54, 1.807) is 17.0 Å². The van der Waals surface area contributed by atoms with Crippen molar-refractivity contribution in [2.45, 2.75) is 57.0 Å². The van der Waals surface area contributed by atoms with Gasteiger partial charge in [-0.25, -0.2) is 13.6 Å². The van der Waals surface area contributed by atoms with Gasteiger partial charge in [-0.1, -0.05) is 17.7 Å². The second kappa shape index (κ2) is 8.97. The van der Waals surface area contributed by atoms with Crippen molar-refractivity contribution in [1.82, 2.24) is 9.80 Å². The van der Waals surface area contributed by atoms with Crippen LogP contribution in [0.3, 0.4) is 0 Å². The molecule has 0 radical (unpaired) electrons. The lowest BCUT2D eigenvalue weighted by molar-refractivity contribution is 0.00378. The molecule has 2 amide bonds. The molecule has 3 aliphatic rings. The standard InChI is InChI=1S/C22H30ClF2N3O2/c1-15-19(23)3-2-4-20(15)26-21(29)27-9-7-17(8-10-27)28-14-22(24,25)11-18(28)13-30-12-16-5-6-16/h2-4,16-18H,5-14H2,1H3,(H,26,29)/t18-/m0/s1. The Morgan fingerprint density at radius 2 is 1.97 bits per heavy atom. The predicted molar refractivity (Wildman–Crippen MR) is 113 cm³/mol. The summed E-state index contributed by atoms with van der Waals surface area (Å²) in [6.07, 6.45) is 3.64. The first-order valence-electron chi connectivity index (χ1n) is 10.8. The summed E-state index contributed by atoms with van der Waals surface area (Å²) in [5, 5.41) is 3.53. The number of alkyl halides is 2. The van der Waals surface area contributed by atoms with Gasteiger partial charge in [-0.3, -0.25) is 4.90 Å². The average molecular weight is 442 g/mol. The fourth-order valence-corrected chi connectivity index (χ4v) is 4.67. The number of piperidine rings is 1. The van der Waals surface area contributed by atoms with Crippen molar-refractivity contribution >= 4 is 23.3 Å². The highest BCUT2D eigenvalue weighted by molar-refractivity contribution is 6.31. The minimum absolute atomic E-state index is 0.0601. The summed E-state index contributed by atoms with van der Waals surface area (Å²) >= 11 is 6.13. The summed E-state index contributed by atoms with van der Waals surface area (Å²) in [7, 11) is 0. The maximum absolute atomic E-state index is 14.1. The van der Waals surface area contributed by atoms with Gasteiger partial charge in [0, 0.05) is 48.9 Å². The summed E-state index contributed by atoms with van der Waals surface area (Å²) in [5.41, 5.74) is 1.53. The van der Waals surface area contributed by atoms with Gasteiger partial charge in [0.25, 0.3) is 5.92 Å². The molecule has 30 heavy (non-hydrogen) atoms. The number of likely N-dealkylation sites (tertiary alicyclic amines) is 2. The number of nitrogens with one attached hydrogen (secondary N) is 1. The molecule has 0 bridgehead atoms. The van der Waals surface area contributed by atoms with Gasteiger partial charge in [0.05, 0.1) is 13.2 Å². The molecule has 2 aliphatic heterocycles. The predicted octanol–water partition coefficient (Wildman–Crippen LogP) is 4.78. The van der Waals surface area contributed by atoms with Crippen LogP contribution in [0.1, 0.15) is 37.7 Å². The van der Waals surface area contributed by atoms with Crippen molar-refractivity contribution in [2.24, 2.45) is 5.92 Å². The van der Waals surface area contributed by atoms with E-state index in [1.807, 2.05) is 17.9 Å². The number of anilines is 1. The number of benzene rings is 1. The fraction of sp³-hybridized carbons (Fsp3) is 0.682. The van der Waals surface area contributed by atoms with Crippen LogP contribution >= 0.6 is 11.6 Å². The van der Waals surface area contributed by atoms with Crippen LogP contribution in [0.2, 0.25) is 5.02 Å². The van der Waals surface area contributed by atoms with E-state index < -0.39 is 5.92 Å². The van der Waals surface area contributed by atoms with E-state index >= 15 is 0 Å². The lowest BCUT2D eigenvalue weighted by Crippen LogP contribution is -2.50. The Balaban J connectivity index is 1.30. The topological polar surface area (TPSA) is 44.8 Å². The third-order valence-corrected chi connectivity index (χ3v) is 6.92. The maximum atomic E-state index is 14.1. The summed E-state index contributed by atoms with van der Waals surface area (Å²) < 4.78 is 34.0. The average Bonchev–Trinajstić information content (AvgIpc) is 3.48. The Bertz CT molecular complexity index is 767. The van der Waals surface area contributed by atoms with Crippen molar-refractivity contribution in [3.8, 4) is 0 Å². The fourth-order valence-electron chi connectivity index (χ4n) is 4.50. The number of carbonyl (C=O) groups excluding carboxylic acids is 1. The van der Waals surface area contributed by atoms with Crippen LogP contribution in [-0.2, 0) is 4.74 Å². The van der Waals surface area contributed by atoms with Crippen LogP contribution in [0.5, 0.6) is 0 Å². The molecule has 2 heterocycles. The number of halogens is 3. The molecule has 1 atom stereocenters. The summed E-state index contributed by atoms with van der Waals surface area (Å²) in [6.45, 7) is 3.83. The minimum Gasteiger partial charge on any atom is -0.380 e. The number of hydrogen-bond acceptors (Lipinski definition) is 3. The van der Waals surface area contributed by atoms with Gasteiger partial charge in [-0.2, -0.15) is 0 Å². The van der Waals surface area contributed by atoms with E-state index in [2.05, 4.69) is 5.32 Å².